The van der Waals surface area contributed by atoms with Crippen molar-refractivity contribution in [2.75, 3.05) is 7.05 Å². The van der Waals surface area contributed by atoms with E-state index in [1.807, 2.05) is 18.4 Å². The lowest BCUT2D eigenvalue weighted by Crippen LogP contribution is -2.33. The number of guanidine groups is 1. The van der Waals surface area contributed by atoms with Gasteiger partial charge in [0.05, 0.1) is 0 Å². The molecule has 3 rings (SSSR count). The second-order valence-electron chi connectivity index (χ2n) is 4.60. The molecule has 0 fully saturated rings. The van der Waals surface area contributed by atoms with E-state index < -0.39 is 5.72 Å². The average molecular weight is 251 g/mol. The molecule has 1 aliphatic carbocycles. The summed E-state index contributed by atoms with van der Waals surface area (Å²) >= 11 is 1.89. The van der Waals surface area contributed by atoms with Crippen LogP contribution in [0.25, 0.3) is 0 Å². The molecule has 0 saturated carbocycles. The molecule has 2 N–H and O–H groups in total. The fraction of sp³-hybridized carbons (Fsp3) is 0.583. The van der Waals surface area contributed by atoms with Crippen molar-refractivity contribution in [3.63, 3.8) is 0 Å². The maximum atomic E-state index is 5.90. The van der Waals surface area contributed by atoms with Gasteiger partial charge in [-0.25, -0.2) is 14.9 Å². The number of hydroxylamine groups is 2. The van der Waals surface area contributed by atoms with Gasteiger partial charge in [-0.2, -0.15) is 0 Å². The number of rotatable bonds is 1. The molecule has 1 aromatic heterocycles. The van der Waals surface area contributed by atoms with E-state index in [2.05, 4.69) is 18.0 Å². The van der Waals surface area contributed by atoms with E-state index in [0.717, 1.165) is 25.7 Å². The highest BCUT2D eigenvalue weighted by Crippen LogP contribution is 2.45. The molecule has 2 aliphatic rings. The Kier molecular flexibility index (Phi) is 2.41. The molecule has 2 heterocycles. The monoisotopic (exact) mass is 251 g/mol. The van der Waals surface area contributed by atoms with E-state index >= 15 is 0 Å². The van der Waals surface area contributed by atoms with Gasteiger partial charge in [0.2, 0.25) is 11.7 Å². The molecule has 1 atom stereocenters. The molecule has 4 nitrogen and oxygen atoms in total. The zero-order chi connectivity index (χ0) is 12.0. The molecule has 92 valence electrons. The van der Waals surface area contributed by atoms with Crippen LogP contribution < -0.4 is 5.73 Å². The summed E-state index contributed by atoms with van der Waals surface area (Å²) in [7, 11) is 1.81. The third-order valence-corrected chi connectivity index (χ3v) is 4.79. The second kappa shape index (κ2) is 3.71. The Labute approximate surface area is 105 Å². The quantitative estimate of drug-likeness (QED) is 0.830. The van der Waals surface area contributed by atoms with Crippen LogP contribution in [0.2, 0.25) is 0 Å². The minimum absolute atomic E-state index is 0.474. The van der Waals surface area contributed by atoms with E-state index in [9.17, 15) is 0 Å². The summed E-state index contributed by atoms with van der Waals surface area (Å²) in [5, 5.41) is 1.58. The SMILES string of the molecule is CCc1cc2c(s1)CCCC21N=C(N)N(C)O1. The zero-order valence-electron chi connectivity index (χ0n) is 10.2. The summed E-state index contributed by atoms with van der Waals surface area (Å²) in [6.45, 7) is 2.18. The Hall–Kier alpha value is -1.07. The first kappa shape index (κ1) is 11.0. The number of nitrogens with zero attached hydrogens (tertiary/aromatic N) is 2. The van der Waals surface area contributed by atoms with Gasteiger partial charge in [0.25, 0.3) is 0 Å². The molecule has 1 spiro atoms. The number of fused-ring (bicyclic) bond motifs is 2. The molecular weight excluding hydrogens is 234 g/mol. The molecule has 17 heavy (non-hydrogen) atoms. The smallest absolute Gasteiger partial charge is 0.218 e. The van der Waals surface area contributed by atoms with Gasteiger partial charge in [0.15, 0.2) is 0 Å². The molecule has 0 aromatic carbocycles. The van der Waals surface area contributed by atoms with Crippen LogP contribution in [0.15, 0.2) is 11.1 Å². The van der Waals surface area contributed by atoms with Crippen LogP contribution in [-0.4, -0.2) is 18.1 Å². The van der Waals surface area contributed by atoms with Gasteiger partial charge >= 0.3 is 0 Å². The van der Waals surface area contributed by atoms with Crippen LogP contribution in [0.3, 0.4) is 0 Å². The summed E-state index contributed by atoms with van der Waals surface area (Å²) in [5.74, 6) is 0.474. The Bertz CT molecular complexity index is 482. The van der Waals surface area contributed by atoms with E-state index in [1.54, 1.807) is 5.06 Å². The van der Waals surface area contributed by atoms with Crippen LogP contribution >= 0.6 is 11.3 Å². The highest BCUT2D eigenvalue weighted by atomic mass is 32.1. The van der Waals surface area contributed by atoms with Crippen molar-refractivity contribution in [1.82, 2.24) is 5.06 Å². The van der Waals surface area contributed by atoms with Crippen LogP contribution in [0.5, 0.6) is 0 Å². The topological polar surface area (TPSA) is 50.8 Å². The summed E-state index contributed by atoms with van der Waals surface area (Å²) in [4.78, 5) is 13.3. The predicted octanol–water partition coefficient (Wildman–Crippen LogP) is 1.99. The van der Waals surface area contributed by atoms with E-state index in [4.69, 9.17) is 10.6 Å². The number of thiophene rings is 1. The highest BCUT2D eigenvalue weighted by Gasteiger charge is 2.45. The van der Waals surface area contributed by atoms with E-state index in [0.29, 0.717) is 5.96 Å². The van der Waals surface area contributed by atoms with Gasteiger partial charge in [-0.15, -0.1) is 11.3 Å². The average Bonchev–Trinajstić information content (AvgIpc) is 2.83. The van der Waals surface area contributed by atoms with Crippen molar-refractivity contribution in [1.29, 1.82) is 0 Å². The van der Waals surface area contributed by atoms with E-state index in [-0.39, 0.29) is 0 Å². The summed E-state index contributed by atoms with van der Waals surface area (Å²) < 4.78 is 0. The minimum Gasteiger partial charge on any atom is -0.368 e. The molecule has 5 heteroatoms. The van der Waals surface area contributed by atoms with Gasteiger partial charge in [-0.1, -0.05) is 6.92 Å². The lowest BCUT2D eigenvalue weighted by molar-refractivity contribution is -0.178. The summed E-state index contributed by atoms with van der Waals surface area (Å²) in [6, 6.07) is 2.25. The van der Waals surface area contributed by atoms with Crippen LogP contribution in [0, 0.1) is 0 Å². The first-order valence-corrected chi connectivity index (χ1v) is 6.86. The van der Waals surface area contributed by atoms with Crippen molar-refractivity contribution in [3.8, 4) is 0 Å². The number of hydrogen-bond donors (Lipinski definition) is 1. The van der Waals surface area contributed by atoms with Crippen LogP contribution in [-0.2, 0) is 23.4 Å². The van der Waals surface area contributed by atoms with Gasteiger partial charge < -0.3 is 5.73 Å². The van der Waals surface area contributed by atoms with Crippen molar-refractivity contribution in [2.45, 2.75) is 38.3 Å². The number of hydrogen-bond acceptors (Lipinski definition) is 5. The normalized spacial score (nSPS) is 27.4. The maximum absolute atomic E-state index is 5.90. The van der Waals surface area contributed by atoms with Gasteiger partial charge in [-0.05, 0) is 25.3 Å². The van der Waals surface area contributed by atoms with Crippen LogP contribution in [0.4, 0.5) is 0 Å². The van der Waals surface area contributed by atoms with Crippen molar-refractivity contribution < 1.29 is 4.84 Å². The lowest BCUT2D eigenvalue weighted by atomic mass is 9.90. The van der Waals surface area contributed by atoms with E-state index in [1.165, 1.54) is 15.3 Å². The van der Waals surface area contributed by atoms with Crippen LogP contribution in [0.1, 0.15) is 35.1 Å². The molecule has 0 bridgehead atoms. The van der Waals surface area contributed by atoms with Gasteiger partial charge in [-0.3, -0.25) is 0 Å². The summed E-state index contributed by atoms with van der Waals surface area (Å²) in [5.41, 5.74) is 6.54. The van der Waals surface area contributed by atoms with Crippen molar-refractivity contribution in [2.24, 2.45) is 10.7 Å². The van der Waals surface area contributed by atoms with Gasteiger partial charge in [0.1, 0.15) is 0 Å². The third kappa shape index (κ3) is 1.57. The first-order valence-electron chi connectivity index (χ1n) is 6.05. The number of aryl methyl sites for hydroxylation is 2. The third-order valence-electron chi connectivity index (χ3n) is 3.45. The number of nitrogens with two attached hydrogens (primary N) is 1. The Morgan fingerprint density at radius 1 is 1.65 bits per heavy atom. The van der Waals surface area contributed by atoms with Gasteiger partial charge in [0, 0.05) is 28.8 Å². The standard InChI is InChI=1S/C12H17N3OS/c1-3-8-7-9-10(17-8)5-4-6-12(9)14-11(13)15(2)16-12/h7H,3-6H2,1-2H3,(H2,13,14). The number of aliphatic imine (C=N–C) groups is 1. The Morgan fingerprint density at radius 2 is 2.47 bits per heavy atom. The zero-order valence-corrected chi connectivity index (χ0v) is 11.0. The fourth-order valence-corrected chi connectivity index (χ4v) is 3.77. The van der Waals surface area contributed by atoms with Crippen molar-refractivity contribution in [3.05, 3.63) is 21.4 Å². The predicted molar refractivity (Wildman–Crippen MR) is 68.8 cm³/mol. The summed E-state index contributed by atoms with van der Waals surface area (Å²) in [6.07, 6.45) is 4.25. The fourth-order valence-electron chi connectivity index (χ4n) is 2.56. The Balaban J connectivity index is 2.08. The molecule has 1 aromatic rings. The molecule has 1 unspecified atom stereocenters. The highest BCUT2D eigenvalue weighted by molar-refractivity contribution is 7.12. The second-order valence-corrected chi connectivity index (χ2v) is 5.82. The lowest BCUT2D eigenvalue weighted by Gasteiger charge is -2.29. The molecule has 0 saturated heterocycles. The maximum Gasteiger partial charge on any atom is 0.218 e. The first-order chi connectivity index (χ1) is 8.14. The van der Waals surface area contributed by atoms with Crippen molar-refractivity contribution >= 4 is 17.3 Å². The Morgan fingerprint density at radius 3 is 3.12 bits per heavy atom. The largest absolute Gasteiger partial charge is 0.368 e. The molecular formula is C12H17N3OS. The molecule has 0 amide bonds. The minimum atomic E-state index is -0.531. The molecule has 1 aliphatic heterocycles. The molecule has 0 radical (unpaired) electrons.